The van der Waals surface area contributed by atoms with Crippen LogP contribution in [0.1, 0.15) is 18.9 Å². The molecule has 102 valence electrons. The number of nitrogens with one attached hydrogen (secondary N) is 1. The van der Waals surface area contributed by atoms with Crippen LogP contribution < -0.4 is 11.1 Å². The molecule has 6 heteroatoms. The molecule has 0 saturated carbocycles. The summed E-state index contributed by atoms with van der Waals surface area (Å²) in [6, 6.07) is 5.11. The third-order valence-electron chi connectivity index (χ3n) is 2.44. The highest BCUT2D eigenvalue weighted by Gasteiger charge is 2.14. The minimum atomic E-state index is -0.482. The highest BCUT2D eigenvalue weighted by atomic mass is 79.9. The molecule has 0 aromatic heterocycles. The van der Waals surface area contributed by atoms with Crippen molar-refractivity contribution >= 4 is 39.9 Å². The van der Waals surface area contributed by atoms with Gasteiger partial charge in [0.1, 0.15) is 0 Å². The maximum Gasteiger partial charge on any atom is 0.241 e. The van der Waals surface area contributed by atoms with E-state index in [4.69, 9.17) is 10.5 Å². The van der Waals surface area contributed by atoms with Gasteiger partial charge < -0.3 is 15.8 Å². The summed E-state index contributed by atoms with van der Waals surface area (Å²) in [5, 5.41) is 2.81. The zero-order valence-electron chi connectivity index (χ0n) is 10.4. The Kier molecular flexibility index (Phi) is 8.18. The number of hydrogen-bond acceptors (Lipinski definition) is 3. The molecule has 0 aliphatic rings. The van der Waals surface area contributed by atoms with Gasteiger partial charge >= 0.3 is 0 Å². The summed E-state index contributed by atoms with van der Waals surface area (Å²) in [6.45, 7) is 2.31. The number of amides is 1. The number of anilines is 1. The first kappa shape index (κ1) is 17.4. The van der Waals surface area contributed by atoms with Gasteiger partial charge in [0.25, 0.3) is 0 Å². The number of benzene rings is 1. The number of carbonyl (C=O) groups excluding carboxylic acids is 1. The lowest BCUT2D eigenvalue weighted by atomic mass is 10.1. The maximum atomic E-state index is 11.7. The smallest absolute Gasteiger partial charge is 0.241 e. The molecule has 3 N–H and O–H groups in total. The Morgan fingerprint density at radius 1 is 1.56 bits per heavy atom. The first-order valence-electron chi connectivity index (χ1n) is 5.42. The summed E-state index contributed by atoms with van der Waals surface area (Å²) in [4.78, 5) is 11.7. The second kappa shape index (κ2) is 8.48. The molecule has 0 heterocycles. The SMILES string of the molecule is CC[C@H](N)C(=O)Nc1cccc(Br)c1COC.Cl. The summed E-state index contributed by atoms with van der Waals surface area (Å²) in [6.07, 6.45) is 0.611. The van der Waals surface area contributed by atoms with E-state index in [2.05, 4.69) is 21.2 Å². The van der Waals surface area contributed by atoms with Crippen LogP contribution in [0.4, 0.5) is 5.69 Å². The second-order valence-electron chi connectivity index (χ2n) is 3.70. The molecule has 1 rings (SSSR count). The van der Waals surface area contributed by atoms with E-state index >= 15 is 0 Å². The predicted molar refractivity (Wildman–Crippen MR) is 79.0 cm³/mol. The van der Waals surface area contributed by atoms with Crippen molar-refractivity contribution in [3.63, 3.8) is 0 Å². The molecule has 1 aromatic rings. The third-order valence-corrected chi connectivity index (χ3v) is 3.18. The molecule has 0 fully saturated rings. The minimum Gasteiger partial charge on any atom is -0.380 e. The van der Waals surface area contributed by atoms with Crippen molar-refractivity contribution in [2.24, 2.45) is 5.73 Å². The molecule has 0 unspecified atom stereocenters. The lowest BCUT2D eigenvalue weighted by Gasteiger charge is -2.14. The average molecular weight is 338 g/mol. The summed E-state index contributed by atoms with van der Waals surface area (Å²) in [7, 11) is 1.61. The minimum absolute atomic E-state index is 0. The van der Waals surface area contributed by atoms with E-state index in [-0.39, 0.29) is 18.3 Å². The molecule has 0 saturated heterocycles. The number of carbonyl (C=O) groups is 1. The number of halogens is 2. The standard InChI is InChI=1S/C12H17BrN2O2.ClH/c1-3-10(14)12(16)15-11-6-4-5-9(13)8(11)7-17-2;/h4-6,10H,3,7,14H2,1-2H3,(H,15,16);1H/t10-;/m0./s1. The van der Waals surface area contributed by atoms with Gasteiger partial charge in [-0.1, -0.05) is 28.9 Å². The van der Waals surface area contributed by atoms with Crippen LogP contribution in [-0.2, 0) is 16.1 Å². The molecular formula is C12H18BrClN2O2. The third kappa shape index (κ3) is 4.57. The number of ether oxygens (including phenoxy) is 1. The van der Waals surface area contributed by atoms with Crippen molar-refractivity contribution < 1.29 is 9.53 Å². The molecule has 0 bridgehead atoms. The van der Waals surface area contributed by atoms with Crippen LogP contribution in [0.2, 0.25) is 0 Å². The highest BCUT2D eigenvalue weighted by Crippen LogP contribution is 2.25. The molecular weight excluding hydrogens is 320 g/mol. The van der Waals surface area contributed by atoms with Crippen LogP contribution in [0.25, 0.3) is 0 Å². The summed E-state index contributed by atoms with van der Waals surface area (Å²) in [5.41, 5.74) is 7.31. The van der Waals surface area contributed by atoms with E-state index in [1.807, 2.05) is 25.1 Å². The largest absolute Gasteiger partial charge is 0.380 e. The first-order valence-corrected chi connectivity index (χ1v) is 6.22. The monoisotopic (exact) mass is 336 g/mol. The van der Waals surface area contributed by atoms with Crippen LogP contribution in [-0.4, -0.2) is 19.1 Å². The van der Waals surface area contributed by atoms with E-state index in [9.17, 15) is 4.79 Å². The molecule has 4 nitrogen and oxygen atoms in total. The Labute approximate surface area is 122 Å². The van der Waals surface area contributed by atoms with E-state index in [1.54, 1.807) is 7.11 Å². The van der Waals surface area contributed by atoms with E-state index in [0.717, 1.165) is 15.7 Å². The van der Waals surface area contributed by atoms with Gasteiger partial charge in [-0.2, -0.15) is 0 Å². The van der Waals surface area contributed by atoms with Gasteiger partial charge in [-0.15, -0.1) is 12.4 Å². The van der Waals surface area contributed by atoms with Crippen molar-refractivity contribution in [3.05, 3.63) is 28.2 Å². The fraction of sp³-hybridized carbons (Fsp3) is 0.417. The van der Waals surface area contributed by atoms with Crippen LogP contribution in [0.3, 0.4) is 0 Å². The fourth-order valence-corrected chi connectivity index (χ4v) is 1.86. The Balaban J connectivity index is 0.00000289. The summed E-state index contributed by atoms with van der Waals surface area (Å²) < 4.78 is 6.01. The second-order valence-corrected chi connectivity index (χ2v) is 4.56. The van der Waals surface area contributed by atoms with Gasteiger partial charge in [0.2, 0.25) is 5.91 Å². The molecule has 0 spiro atoms. The van der Waals surface area contributed by atoms with Crippen molar-refractivity contribution in [3.8, 4) is 0 Å². The Morgan fingerprint density at radius 3 is 2.78 bits per heavy atom. The van der Waals surface area contributed by atoms with Gasteiger partial charge in [-0.3, -0.25) is 4.79 Å². The van der Waals surface area contributed by atoms with Crippen molar-refractivity contribution in [1.29, 1.82) is 0 Å². The summed E-state index contributed by atoms with van der Waals surface area (Å²) >= 11 is 3.43. The number of nitrogens with two attached hydrogens (primary N) is 1. The van der Waals surface area contributed by atoms with Gasteiger partial charge in [-0.25, -0.2) is 0 Å². The topological polar surface area (TPSA) is 64.4 Å². The Morgan fingerprint density at radius 2 is 2.22 bits per heavy atom. The first-order chi connectivity index (χ1) is 8.10. The number of hydrogen-bond donors (Lipinski definition) is 2. The van der Waals surface area contributed by atoms with Crippen LogP contribution in [0, 0.1) is 0 Å². The molecule has 18 heavy (non-hydrogen) atoms. The molecule has 0 radical (unpaired) electrons. The van der Waals surface area contributed by atoms with E-state index in [1.165, 1.54) is 0 Å². The Bertz CT molecular complexity index is 402. The van der Waals surface area contributed by atoms with Crippen molar-refractivity contribution in [1.82, 2.24) is 0 Å². The van der Waals surface area contributed by atoms with Crippen LogP contribution >= 0.6 is 28.3 Å². The molecule has 0 aliphatic heterocycles. The summed E-state index contributed by atoms with van der Waals surface area (Å²) in [5.74, 6) is -0.178. The van der Waals surface area contributed by atoms with Crippen LogP contribution in [0.15, 0.2) is 22.7 Å². The quantitative estimate of drug-likeness (QED) is 0.868. The maximum absolute atomic E-state index is 11.7. The molecule has 1 aromatic carbocycles. The van der Waals surface area contributed by atoms with Gasteiger partial charge in [0, 0.05) is 22.8 Å². The lowest BCUT2D eigenvalue weighted by Crippen LogP contribution is -2.35. The number of rotatable bonds is 5. The van der Waals surface area contributed by atoms with Gasteiger partial charge in [0.15, 0.2) is 0 Å². The highest BCUT2D eigenvalue weighted by molar-refractivity contribution is 9.10. The zero-order valence-corrected chi connectivity index (χ0v) is 12.8. The predicted octanol–water partition coefficient (Wildman–Crippen LogP) is 2.69. The number of methoxy groups -OCH3 is 1. The lowest BCUT2D eigenvalue weighted by molar-refractivity contribution is -0.117. The Hall–Kier alpha value is -0.620. The fourth-order valence-electron chi connectivity index (χ4n) is 1.38. The van der Waals surface area contributed by atoms with E-state index in [0.29, 0.717) is 13.0 Å². The van der Waals surface area contributed by atoms with Crippen molar-refractivity contribution in [2.75, 3.05) is 12.4 Å². The molecule has 1 amide bonds. The average Bonchev–Trinajstić information content (AvgIpc) is 2.32. The normalized spacial score (nSPS) is 11.6. The molecule has 1 atom stereocenters. The molecule has 0 aliphatic carbocycles. The zero-order chi connectivity index (χ0) is 12.8. The van der Waals surface area contributed by atoms with E-state index < -0.39 is 6.04 Å². The van der Waals surface area contributed by atoms with Crippen molar-refractivity contribution in [2.45, 2.75) is 26.0 Å². The van der Waals surface area contributed by atoms with Gasteiger partial charge in [-0.05, 0) is 18.6 Å². The van der Waals surface area contributed by atoms with Crippen LogP contribution in [0.5, 0.6) is 0 Å². The van der Waals surface area contributed by atoms with Gasteiger partial charge in [0.05, 0.1) is 12.6 Å².